The number of benzene rings is 1. The summed E-state index contributed by atoms with van der Waals surface area (Å²) in [5, 5.41) is 9.11. The molecule has 0 fully saturated rings. The predicted octanol–water partition coefficient (Wildman–Crippen LogP) is 2.06. The Bertz CT molecular complexity index is 610. The number of hydrogen-bond donors (Lipinski definition) is 1. The van der Waals surface area contributed by atoms with Gasteiger partial charge in [-0.25, -0.2) is 17.5 Å². The maximum absolute atomic E-state index is 12.4. The van der Waals surface area contributed by atoms with E-state index in [4.69, 9.17) is 9.84 Å². The molecule has 0 amide bonds. The number of methoxy groups -OCH3 is 1. The van der Waals surface area contributed by atoms with Gasteiger partial charge in [-0.15, -0.1) is 0 Å². The Morgan fingerprint density at radius 2 is 2.00 bits per heavy atom. The molecule has 0 aliphatic carbocycles. The number of ether oxygens (including phenoxy) is 1. The van der Waals surface area contributed by atoms with Gasteiger partial charge in [-0.3, -0.25) is 0 Å². The number of carboxylic acids is 1. The van der Waals surface area contributed by atoms with E-state index in [0.29, 0.717) is 12.5 Å². The van der Waals surface area contributed by atoms with Crippen molar-refractivity contribution in [3.05, 3.63) is 23.8 Å². The zero-order valence-corrected chi connectivity index (χ0v) is 13.5. The van der Waals surface area contributed by atoms with Crippen molar-refractivity contribution in [1.29, 1.82) is 0 Å². The molecule has 7 heteroatoms. The van der Waals surface area contributed by atoms with Gasteiger partial charge in [0.2, 0.25) is 10.0 Å². The lowest BCUT2D eigenvalue weighted by Crippen LogP contribution is -2.28. The third kappa shape index (κ3) is 4.18. The molecule has 0 bridgehead atoms. The molecule has 6 nitrogen and oxygen atoms in total. The van der Waals surface area contributed by atoms with Gasteiger partial charge >= 0.3 is 5.97 Å². The zero-order valence-electron chi connectivity index (χ0n) is 12.7. The van der Waals surface area contributed by atoms with Crippen molar-refractivity contribution in [2.45, 2.75) is 25.2 Å². The first-order chi connectivity index (χ1) is 9.70. The minimum Gasteiger partial charge on any atom is -0.496 e. The van der Waals surface area contributed by atoms with Crippen LogP contribution in [0.25, 0.3) is 0 Å². The van der Waals surface area contributed by atoms with Gasteiger partial charge in [-0.1, -0.05) is 13.8 Å². The highest BCUT2D eigenvalue weighted by molar-refractivity contribution is 7.89. The average Bonchev–Trinajstić information content (AvgIpc) is 2.43. The second-order valence-corrected chi connectivity index (χ2v) is 7.22. The van der Waals surface area contributed by atoms with E-state index in [1.807, 2.05) is 13.8 Å². The lowest BCUT2D eigenvalue weighted by atomic mass is 10.1. The van der Waals surface area contributed by atoms with Gasteiger partial charge in [0.1, 0.15) is 11.3 Å². The minimum atomic E-state index is -3.70. The minimum absolute atomic E-state index is 0.0491. The SMILES string of the molecule is COc1ccc(S(=O)(=O)N(C)CCC(C)C)cc1C(=O)O. The highest BCUT2D eigenvalue weighted by Gasteiger charge is 2.23. The number of hydrogen-bond acceptors (Lipinski definition) is 4. The van der Waals surface area contributed by atoms with Gasteiger partial charge < -0.3 is 9.84 Å². The van der Waals surface area contributed by atoms with Crippen LogP contribution in [0.1, 0.15) is 30.6 Å². The fraction of sp³-hybridized carbons (Fsp3) is 0.500. The van der Waals surface area contributed by atoms with Crippen molar-refractivity contribution >= 4 is 16.0 Å². The molecule has 1 rings (SSSR count). The third-order valence-electron chi connectivity index (χ3n) is 3.13. The Morgan fingerprint density at radius 3 is 2.48 bits per heavy atom. The second-order valence-electron chi connectivity index (χ2n) is 5.18. The van der Waals surface area contributed by atoms with E-state index in [9.17, 15) is 13.2 Å². The number of sulfonamides is 1. The van der Waals surface area contributed by atoms with Crippen LogP contribution in [-0.2, 0) is 10.0 Å². The van der Waals surface area contributed by atoms with E-state index in [1.54, 1.807) is 0 Å². The van der Waals surface area contributed by atoms with E-state index in [1.165, 1.54) is 30.6 Å². The van der Waals surface area contributed by atoms with Crippen molar-refractivity contribution in [2.24, 2.45) is 5.92 Å². The van der Waals surface area contributed by atoms with Gasteiger partial charge in [0.25, 0.3) is 0 Å². The van der Waals surface area contributed by atoms with E-state index in [-0.39, 0.29) is 16.2 Å². The molecule has 0 heterocycles. The molecule has 1 N–H and O–H groups in total. The summed E-state index contributed by atoms with van der Waals surface area (Å²) >= 11 is 0. The van der Waals surface area contributed by atoms with Crippen molar-refractivity contribution in [2.75, 3.05) is 20.7 Å². The number of nitrogens with zero attached hydrogens (tertiary/aromatic N) is 1. The Hall–Kier alpha value is -1.60. The maximum atomic E-state index is 12.4. The maximum Gasteiger partial charge on any atom is 0.339 e. The van der Waals surface area contributed by atoms with Crippen molar-refractivity contribution in [3.8, 4) is 5.75 Å². The summed E-state index contributed by atoms with van der Waals surface area (Å²) in [6.07, 6.45) is 0.734. The van der Waals surface area contributed by atoms with Gasteiger partial charge in [0.15, 0.2) is 0 Å². The molecule has 0 radical (unpaired) electrons. The first-order valence-corrected chi connectivity index (χ1v) is 8.01. The van der Waals surface area contributed by atoms with Crippen LogP contribution < -0.4 is 4.74 Å². The summed E-state index contributed by atoms with van der Waals surface area (Å²) in [4.78, 5) is 11.1. The lowest BCUT2D eigenvalue weighted by Gasteiger charge is -2.18. The van der Waals surface area contributed by atoms with E-state index in [2.05, 4.69) is 0 Å². The van der Waals surface area contributed by atoms with Gasteiger partial charge in [-0.2, -0.15) is 0 Å². The molecule has 0 spiro atoms. The summed E-state index contributed by atoms with van der Waals surface area (Å²) in [7, 11) is -0.875. The van der Waals surface area contributed by atoms with Gasteiger partial charge in [-0.05, 0) is 30.5 Å². The Labute approximate surface area is 125 Å². The summed E-state index contributed by atoms with van der Waals surface area (Å²) in [6.45, 7) is 4.40. The van der Waals surface area contributed by atoms with Crippen LogP contribution in [0.3, 0.4) is 0 Å². The highest BCUT2D eigenvalue weighted by Crippen LogP contribution is 2.24. The largest absolute Gasteiger partial charge is 0.496 e. The third-order valence-corrected chi connectivity index (χ3v) is 4.98. The quantitative estimate of drug-likeness (QED) is 0.832. The molecule has 0 unspecified atom stereocenters. The predicted molar refractivity (Wildman–Crippen MR) is 79.2 cm³/mol. The molecule has 0 atom stereocenters. The monoisotopic (exact) mass is 315 g/mol. The molecule has 1 aromatic rings. The van der Waals surface area contributed by atoms with E-state index < -0.39 is 16.0 Å². The molecule has 21 heavy (non-hydrogen) atoms. The van der Waals surface area contributed by atoms with Crippen LogP contribution in [0.5, 0.6) is 5.75 Å². The van der Waals surface area contributed by atoms with Crippen molar-refractivity contribution in [3.63, 3.8) is 0 Å². The molecule has 118 valence electrons. The number of aromatic carboxylic acids is 1. The van der Waals surface area contributed by atoms with Crippen LogP contribution >= 0.6 is 0 Å². The summed E-state index contributed by atoms with van der Waals surface area (Å²) in [5.74, 6) is -0.715. The number of carboxylic acid groups (broad SMARTS) is 1. The fourth-order valence-corrected chi connectivity index (χ4v) is 2.97. The second kappa shape index (κ2) is 6.91. The Balaban J connectivity index is 3.14. The average molecular weight is 315 g/mol. The molecule has 0 aliphatic rings. The highest BCUT2D eigenvalue weighted by atomic mass is 32.2. The molecular formula is C14H21NO5S. The molecule has 1 aromatic carbocycles. The van der Waals surface area contributed by atoms with Crippen LogP contribution in [0.15, 0.2) is 23.1 Å². The molecule has 0 saturated carbocycles. The summed E-state index contributed by atoms with van der Waals surface area (Å²) in [6, 6.07) is 3.83. The van der Waals surface area contributed by atoms with E-state index in [0.717, 1.165) is 12.5 Å². The topological polar surface area (TPSA) is 83.9 Å². The summed E-state index contributed by atoms with van der Waals surface area (Å²) in [5.41, 5.74) is -0.171. The molecular weight excluding hydrogens is 294 g/mol. The number of rotatable bonds is 7. The smallest absolute Gasteiger partial charge is 0.339 e. The van der Waals surface area contributed by atoms with Crippen molar-refractivity contribution in [1.82, 2.24) is 4.31 Å². The normalized spacial score (nSPS) is 11.9. The number of carbonyl (C=O) groups is 1. The van der Waals surface area contributed by atoms with Gasteiger partial charge in [0, 0.05) is 13.6 Å². The van der Waals surface area contributed by atoms with Crippen LogP contribution in [-0.4, -0.2) is 44.5 Å². The first kappa shape index (κ1) is 17.5. The van der Waals surface area contributed by atoms with Gasteiger partial charge in [0.05, 0.1) is 12.0 Å². The Kier molecular flexibility index (Phi) is 5.74. The molecule has 0 aliphatic heterocycles. The van der Waals surface area contributed by atoms with Crippen LogP contribution in [0, 0.1) is 5.92 Å². The van der Waals surface area contributed by atoms with E-state index >= 15 is 0 Å². The molecule has 0 aromatic heterocycles. The van der Waals surface area contributed by atoms with Crippen LogP contribution in [0.2, 0.25) is 0 Å². The van der Waals surface area contributed by atoms with Crippen LogP contribution in [0.4, 0.5) is 0 Å². The molecule has 0 saturated heterocycles. The standard InChI is InChI=1S/C14H21NO5S/c1-10(2)7-8-15(3)21(18,19)11-5-6-13(20-4)12(9-11)14(16)17/h5-6,9-10H,7-8H2,1-4H3,(H,16,17). The first-order valence-electron chi connectivity index (χ1n) is 6.57. The zero-order chi connectivity index (χ0) is 16.2. The lowest BCUT2D eigenvalue weighted by molar-refractivity contribution is 0.0693. The Morgan fingerprint density at radius 1 is 1.38 bits per heavy atom. The summed E-state index contributed by atoms with van der Waals surface area (Å²) < 4.78 is 31.0. The van der Waals surface area contributed by atoms with Crippen molar-refractivity contribution < 1.29 is 23.1 Å². The fourth-order valence-electron chi connectivity index (χ4n) is 1.75.